The number of para-hydroxylation sites is 1. The number of aromatic nitrogens is 3. The number of aryl methyl sites for hydroxylation is 1. The Balaban J connectivity index is 1.33. The molecule has 7 heteroatoms. The lowest BCUT2D eigenvalue weighted by Gasteiger charge is -2.26. The van der Waals surface area contributed by atoms with E-state index in [1.807, 2.05) is 35.9 Å². The Morgan fingerprint density at radius 2 is 1.88 bits per heavy atom. The van der Waals surface area contributed by atoms with E-state index in [0.717, 1.165) is 23.5 Å². The number of likely N-dealkylation sites (N-methyl/N-ethyl adjacent to an activating group) is 1. The van der Waals surface area contributed by atoms with Crippen LogP contribution in [0.25, 0.3) is 5.69 Å². The number of ether oxygens (including phenoxy) is 1. The van der Waals surface area contributed by atoms with Crippen LogP contribution in [-0.4, -0.2) is 35.0 Å². The molecule has 33 heavy (non-hydrogen) atoms. The molecule has 1 aliphatic rings. The zero-order valence-electron chi connectivity index (χ0n) is 18.9. The predicted octanol–water partition coefficient (Wildman–Crippen LogP) is 5.73. The number of hydrogen-bond acceptors (Lipinski definition) is 5. The van der Waals surface area contributed by atoms with Crippen molar-refractivity contribution in [1.29, 1.82) is 0 Å². The molecule has 168 valence electrons. The minimum absolute atomic E-state index is 0.284. The summed E-state index contributed by atoms with van der Waals surface area (Å²) in [6.45, 7) is 2.15. The first-order valence-corrected chi connectivity index (χ1v) is 11.4. The summed E-state index contributed by atoms with van der Waals surface area (Å²) >= 11 is 5.28. The largest absolute Gasteiger partial charge is 0.371 e. The van der Waals surface area contributed by atoms with Crippen LogP contribution in [0.2, 0.25) is 0 Å². The van der Waals surface area contributed by atoms with Crippen molar-refractivity contribution < 1.29 is 4.74 Å². The van der Waals surface area contributed by atoms with Gasteiger partial charge in [0.05, 0.1) is 11.7 Å². The van der Waals surface area contributed by atoms with Gasteiger partial charge in [-0.2, -0.15) is 5.10 Å². The third kappa shape index (κ3) is 3.94. The summed E-state index contributed by atoms with van der Waals surface area (Å²) in [6.07, 6.45) is 2.65. The molecule has 3 aromatic carbocycles. The van der Waals surface area contributed by atoms with E-state index in [2.05, 4.69) is 82.9 Å². The minimum Gasteiger partial charge on any atom is -0.371 e. The van der Waals surface area contributed by atoms with Crippen LogP contribution in [-0.2, 0) is 10.3 Å². The smallest absolute Gasteiger partial charge is 0.199 e. The summed E-state index contributed by atoms with van der Waals surface area (Å²) in [4.78, 5) is 2.34. The first-order valence-electron chi connectivity index (χ1n) is 11.0. The molecule has 6 nitrogen and oxygen atoms in total. The quantitative estimate of drug-likeness (QED) is 0.347. The van der Waals surface area contributed by atoms with Crippen molar-refractivity contribution >= 4 is 29.3 Å². The molecule has 0 amide bonds. The number of nitrogens with one attached hydrogen (secondary N) is 2. The van der Waals surface area contributed by atoms with Gasteiger partial charge in [-0.15, -0.1) is 0 Å². The van der Waals surface area contributed by atoms with E-state index < -0.39 is 0 Å². The SMILES string of the molecule is COC1(c2ccc(Nc3cccc(-n4cn[nH]c4=S)c3)cc2)CC1N(C)c1ccccc1C. The zero-order chi connectivity index (χ0) is 23.0. The third-order valence-electron chi connectivity index (χ3n) is 6.54. The van der Waals surface area contributed by atoms with Crippen LogP contribution in [0.15, 0.2) is 79.1 Å². The fraction of sp³-hybridized carbons (Fsp3) is 0.231. The monoisotopic (exact) mass is 457 g/mol. The molecule has 0 spiro atoms. The van der Waals surface area contributed by atoms with Gasteiger partial charge in [0.15, 0.2) is 4.77 Å². The predicted molar refractivity (Wildman–Crippen MR) is 135 cm³/mol. The third-order valence-corrected chi connectivity index (χ3v) is 6.83. The number of aromatic amines is 1. The maximum absolute atomic E-state index is 6.07. The van der Waals surface area contributed by atoms with E-state index in [0.29, 0.717) is 10.8 Å². The lowest BCUT2D eigenvalue weighted by molar-refractivity contribution is 0.0730. The topological polar surface area (TPSA) is 58.1 Å². The zero-order valence-corrected chi connectivity index (χ0v) is 19.8. The summed E-state index contributed by atoms with van der Waals surface area (Å²) in [7, 11) is 3.97. The second-order valence-electron chi connectivity index (χ2n) is 8.50. The molecule has 0 aliphatic heterocycles. The van der Waals surface area contributed by atoms with Crippen LogP contribution in [0.4, 0.5) is 17.1 Å². The molecule has 1 heterocycles. The molecular formula is C26H27N5OS. The average Bonchev–Trinajstić information content (AvgIpc) is 3.44. The highest BCUT2D eigenvalue weighted by Gasteiger charge is 2.58. The molecule has 2 atom stereocenters. The lowest BCUT2D eigenvalue weighted by Crippen LogP contribution is -2.29. The highest BCUT2D eigenvalue weighted by Crippen LogP contribution is 2.53. The number of benzene rings is 3. The summed E-state index contributed by atoms with van der Waals surface area (Å²) in [5, 5.41) is 10.3. The number of nitrogens with zero attached hydrogens (tertiary/aromatic N) is 3. The van der Waals surface area contributed by atoms with Crippen molar-refractivity contribution in [3.63, 3.8) is 0 Å². The van der Waals surface area contributed by atoms with Crippen molar-refractivity contribution in [2.45, 2.75) is 25.0 Å². The molecule has 2 N–H and O–H groups in total. The van der Waals surface area contributed by atoms with Crippen LogP contribution in [0.1, 0.15) is 17.5 Å². The van der Waals surface area contributed by atoms with Gasteiger partial charge in [0.25, 0.3) is 0 Å². The van der Waals surface area contributed by atoms with Gasteiger partial charge in [0, 0.05) is 37.6 Å². The van der Waals surface area contributed by atoms with Crippen molar-refractivity contribution in [2.75, 3.05) is 24.4 Å². The fourth-order valence-corrected chi connectivity index (χ4v) is 4.83. The van der Waals surface area contributed by atoms with Gasteiger partial charge in [0.1, 0.15) is 11.9 Å². The minimum atomic E-state index is -0.284. The van der Waals surface area contributed by atoms with E-state index in [1.54, 1.807) is 6.33 Å². The van der Waals surface area contributed by atoms with Gasteiger partial charge in [-0.05, 0) is 66.7 Å². The molecule has 1 fully saturated rings. The van der Waals surface area contributed by atoms with Gasteiger partial charge < -0.3 is 15.0 Å². The molecule has 1 aromatic heterocycles. The van der Waals surface area contributed by atoms with Crippen LogP contribution in [0.3, 0.4) is 0 Å². The van der Waals surface area contributed by atoms with Gasteiger partial charge in [-0.25, -0.2) is 0 Å². The number of rotatable bonds is 7. The van der Waals surface area contributed by atoms with Crippen LogP contribution in [0.5, 0.6) is 0 Å². The Hall–Kier alpha value is -3.42. The molecule has 4 aromatic rings. The second kappa shape index (κ2) is 8.50. The van der Waals surface area contributed by atoms with E-state index in [-0.39, 0.29) is 5.60 Å². The lowest BCUT2D eigenvalue weighted by atomic mass is 10.1. The number of hydrogen-bond donors (Lipinski definition) is 2. The van der Waals surface area contributed by atoms with E-state index in [9.17, 15) is 0 Å². The number of H-pyrrole nitrogens is 1. The number of anilines is 3. The van der Waals surface area contributed by atoms with Gasteiger partial charge in [-0.3, -0.25) is 9.67 Å². The molecule has 0 bridgehead atoms. The molecule has 2 unspecified atom stereocenters. The molecule has 5 rings (SSSR count). The molecule has 1 aliphatic carbocycles. The highest BCUT2D eigenvalue weighted by molar-refractivity contribution is 7.71. The molecular weight excluding hydrogens is 430 g/mol. The van der Waals surface area contributed by atoms with Crippen molar-refractivity contribution in [3.05, 3.63) is 95.0 Å². The Bertz CT molecular complexity index is 1330. The fourth-order valence-electron chi connectivity index (χ4n) is 4.62. The Morgan fingerprint density at radius 1 is 1.09 bits per heavy atom. The number of methoxy groups -OCH3 is 1. The average molecular weight is 458 g/mol. The summed E-state index contributed by atoms with van der Waals surface area (Å²) < 4.78 is 8.48. The van der Waals surface area contributed by atoms with E-state index in [1.165, 1.54) is 16.8 Å². The molecule has 0 saturated heterocycles. The molecule has 0 radical (unpaired) electrons. The Morgan fingerprint density at radius 3 is 2.58 bits per heavy atom. The van der Waals surface area contributed by atoms with Crippen LogP contribution < -0.4 is 10.2 Å². The van der Waals surface area contributed by atoms with Crippen molar-refractivity contribution in [3.8, 4) is 5.69 Å². The van der Waals surface area contributed by atoms with Crippen LogP contribution >= 0.6 is 12.2 Å². The van der Waals surface area contributed by atoms with E-state index >= 15 is 0 Å². The van der Waals surface area contributed by atoms with Gasteiger partial charge >= 0.3 is 0 Å². The maximum Gasteiger partial charge on any atom is 0.199 e. The van der Waals surface area contributed by atoms with Crippen molar-refractivity contribution in [2.24, 2.45) is 0 Å². The summed E-state index contributed by atoms with van der Waals surface area (Å²) in [5.74, 6) is 0. The van der Waals surface area contributed by atoms with Crippen molar-refractivity contribution in [1.82, 2.24) is 14.8 Å². The van der Waals surface area contributed by atoms with Gasteiger partial charge in [0.2, 0.25) is 0 Å². The van der Waals surface area contributed by atoms with Gasteiger partial charge in [-0.1, -0.05) is 36.4 Å². The molecule has 1 saturated carbocycles. The first-order chi connectivity index (χ1) is 16.0. The first kappa shape index (κ1) is 21.4. The Labute approximate surface area is 198 Å². The standard InChI is InChI=1S/C26H27N5OS/c1-18-7-4-5-10-23(18)30(2)24-16-26(24,32-3)19-11-13-20(14-12-19)28-21-8-6-9-22(15-21)31-17-27-29-25(31)33/h4-15,17,24,28H,16H2,1-3H3,(H,29,33). The second-order valence-corrected chi connectivity index (χ2v) is 8.88. The maximum atomic E-state index is 6.07. The Kier molecular flexibility index (Phi) is 5.52. The normalized spacial score (nSPS) is 19.3. The summed E-state index contributed by atoms with van der Waals surface area (Å²) in [5.41, 5.74) is 6.38. The summed E-state index contributed by atoms with van der Waals surface area (Å²) in [6, 6.07) is 25.4. The van der Waals surface area contributed by atoms with E-state index in [4.69, 9.17) is 17.0 Å². The van der Waals surface area contributed by atoms with Crippen LogP contribution in [0, 0.1) is 11.7 Å². The highest BCUT2D eigenvalue weighted by atomic mass is 32.1.